The molecule has 0 radical (unpaired) electrons. The van der Waals surface area contributed by atoms with E-state index in [2.05, 4.69) is 37.1 Å². The number of anilines is 1. The summed E-state index contributed by atoms with van der Waals surface area (Å²) in [6.07, 6.45) is 2.05. The number of hydrogen-bond acceptors (Lipinski definition) is 5. The van der Waals surface area contributed by atoms with Gasteiger partial charge in [-0.3, -0.25) is 14.4 Å². The van der Waals surface area contributed by atoms with Gasteiger partial charge in [-0.05, 0) is 68.7 Å². The summed E-state index contributed by atoms with van der Waals surface area (Å²) in [5, 5.41) is 9.19. The minimum atomic E-state index is -0.869. The molecule has 32 heavy (non-hydrogen) atoms. The Hall–Kier alpha value is -3.20. The minimum Gasteiger partial charge on any atom is -0.483 e. The first-order valence-electron chi connectivity index (χ1n) is 10.1. The Bertz CT molecular complexity index is 1000. The molecule has 0 heterocycles. The van der Waals surface area contributed by atoms with Crippen LogP contribution < -0.4 is 20.8 Å². The largest absolute Gasteiger partial charge is 0.483 e. The molecule has 2 rings (SSSR count). The van der Waals surface area contributed by atoms with Crippen LogP contribution in [0.3, 0.4) is 0 Å². The summed E-state index contributed by atoms with van der Waals surface area (Å²) in [4.78, 5) is 35.9. The number of nitrogens with one attached hydrogen (secondary N) is 3. The highest BCUT2D eigenvalue weighted by molar-refractivity contribution is 9.10. The minimum absolute atomic E-state index is 0.114. The zero-order valence-corrected chi connectivity index (χ0v) is 20.1. The molecule has 3 N–H and O–H groups in total. The summed E-state index contributed by atoms with van der Waals surface area (Å²) < 4.78 is 6.40. The Labute approximate surface area is 195 Å². The Morgan fingerprint density at radius 1 is 1.09 bits per heavy atom. The second kappa shape index (κ2) is 12.0. The smallest absolute Gasteiger partial charge is 0.329 e. The number of nitrogens with zero attached hydrogens (tertiary/aromatic N) is 1. The van der Waals surface area contributed by atoms with E-state index in [1.54, 1.807) is 25.1 Å². The van der Waals surface area contributed by atoms with Crippen molar-refractivity contribution in [3.63, 3.8) is 0 Å². The van der Waals surface area contributed by atoms with Crippen molar-refractivity contribution in [2.75, 3.05) is 11.9 Å². The molecule has 170 valence electrons. The number of halogens is 1. The Kier molecular flexibility index (Phi) is 9.39. The zero-order chi connectivity index (χ0) is 23.7. The predicted octanol–water partition coefficient (Wildman–Crippen LogP) is 3.45. The fourth-order valence-corrected chi connectivity index (χ4v) is 3.12. The number of amides is 3. The van der Waals surface area contributed by atoms with Crippen molar-refractivity contribution in [3.05, 3.63) is 57.6 Å². The maximum absolute atomic E-state index is 12.3. The van der Waals surface area contributed by atoms with Gasteiger partial charge in [-0.25, -0.2) is 5.43 Å². The van der Waals surface area contributed by atoms with Crippen LogP contribution in [0.25, 0.3) is 0 Å². The summed E-state index contributed by atoms with van der Waals surface area (Å²) >= 11 is 3.37. The van der Waals surface area contributed by atoms with Gasteiger partial charge in [0.1, 0.15) is 5.75 Å². The van der Waals surface area contributed by atoms with Gasteiger partial charge in [0.2, 0.25) is 0 Å². The van der Waals surface area contributed by atoms with E-state index in [-0.39, 0.29) is 18.6 Å². The van der Waals surface area contributed by atoms with Gasteiger partial charge in [-0.2, -0.15) is 5.10 Å². The average Bonchev–Trinajstić information content (AvgIpc) is 2.72. The lowest BCUT2D eigenvalue weighted by Gasteiger charge is -2.11. The highest BCUT2D eigenvalue weighted by atomic mass is 79.9. The van der Waals surface area contributed by atoms with Crippen molar-refractivity contribution in [2.24, 2.45) is 5.10 Å². The van der Waals surface area contributed by atoms with Crippen LogP contribution in [0.1, 0.15) is 37.0 Å². The highest BCUT2D eigenvalue weighted by Gasteiger charge is 2.14. The first kappa shape index (κ1) is 25.1. The van der Waals surface area contributed by atoms with Crippen LogP contribution in [0.15, 0.2) is 46.0 Å². The number of rotatable bonds is 8. The van der Waals surface area contributed by atoms with Gasteiger partial charge >= 0.3 is 11.8 Å². The van der Waals surface area contributed by atoms with Gasteiger partial charge < -0.3 is 15.4 Å². The number of benzene rings is 2. The quantitative estimate of drug-likeness (QED) is 0.291. The average molecular weight is 503 g/mol. The maximum atomic E-state index is 12.3. The van der Waals surface area contributed by atoms with Crippen LogP contribution in [-0.2, 0) is 14.4 Å². The third-order valence-electron chi connectivity index (χ3n) is 4.40. The fourth-order valence-electron chi connectivity index (χ4n) is 2.74. The van der Waals surface area contributed by atoms with Crippen LogP contribution in [0, 0.1) is 13.8 Å². The summed E-state index contributed by atoms with van der Waals surface area (Å²) in [5.74, 6) is -1.54. The second-order valence-corrected chi connectivity index (χ2v) is 8.29. The van der Waals surface area contributed by atoms with E-state index in [9.17, 15) is 14.4 Å². The lowest BCUT2D eigenvalue weighted by molar-refractivity contribution is -0.139. The van der Waals surface area contributed by atoms with Crippen LogP contribution in [-0.4, -0.2) is 36.6 Å². The van der Waals surface area contributed by atoms with E-state index in [0.717, 1.165) is 15.6 Å². The third-order valence-corrected chi connectivity index (χ3v) is 4.90. The molecule has 1 atom stereocenters. The topological polar surface area (TPSA) is 109 Å². The van der Waals surface area contributed by atoms with E-state index in [0.29, 0.717) is 23.4 Å². The molecule has 9 heteroatoms. The van der Waals surface area contributed by atoms with Crippen molar-refractivity contribution in [1.29, 1.82) is 0 Å². The van der Waals surface area contributed by atoms with E-state index >= 15 is 0 Å². The molecular formula is C23H27BrN4O4. The molecule has 0 aliphatic carbocycles. The number of ether oxygens (including phenoxy) is 1. The molecule has 0 aromatic heterocycles. The van der Waals surface area contributed by atoms with Crippen molar-refractivity contribution in [3.8, 4) is 5.75 Å². The van der Waals surface area contributed by atoms with Gasteiger partial charge in [0.05, 0.1) is 6.21 Å². The van der Waals surface area contributed by atoms with Gasteiger partial charge in [-0.15, -0.1) is 0 Å². The Morgan fingerprint density at radius 3 is 2.44 bits per heavy atom. The monoisotopic (exact) mass is 502 g/mol. The van der Waals surface area contributed by atoms with Crippen LogP contribution in [0.5, 0.6) is 5.75 Å². The van der Waals surface area contributed by atoms with Crippen LogP contribution in [0.4, 0.5) is 5.69 Å². The lowest BCUT2D eigenvalue weighted by atomic mass is 10.1. The molecule has 2 aromatic rings. The summed E-state index contributed by atoms with van der Waals surface area (Å²) in [6, 6.07) is 10.8. The molecule has 0 aliphatic rings. The molecule has 0 bridgehead atoms. The van der Waals surface area contributed by atoms with E-state index < -0.39 is 11.8 Å². The highest BCUT2D eigenvalue weighted by Crippen LogP contribution is 2.22. The predicted molar refractivity (Wildman–Crippen MR) is 128 cm³/mol. The van der Waals surface area contributed by atoms with Gasteiger partial charge in [0, 0.05) is 21.8 Å². The molecule has 0 fully saturated rings. The molecule has 0 aliphatic heterocycles. The van der Waals surface area contributed by atoms with Crippen LogP contribution in [0.2, 0.25) is 0 Å². The first-order valence-corrected chi connectivity index (χ1v) is 10.9. The number of hydrogen-bond donors (Lipinski definition) is 3. The standard InChI is InChI=1S/C23H27BrN4O4/c1-5-16(4)26-22(30)23(31)28-25-12-17-11-18(24)6-7-20(17)32-13-21(29)27-19-9-14(2)8-15(3)10-19/h6-12,16H,5,13H2,1-4H3,(H,26,30)(H,27,29)(H,28,31)/b25-12-/t16-/m0/s1. The SMILES string of the molecule is CC[C@H](C)NC(=O)C(=O)N/N=C\c1cc(Br)ccc1OCC(=O)Nc1cc(C)cc(C)c1. The first-order chi connectivity index (χ1) is 15.2. The molecule has 3 amide bonds. The van der Waals surface area contributed by atoms with Gasteiger partial charge in [-0.1, -0.05) is 28.9 Å². The molecule has 0 saturated heterocycles. The van der Waals surface area contributed by atoms with Crippen molar-refractivity contribution in [1.82, 2.24) is 10.7 Å². The fraction of sp³-hybridized carbons (Fsp3) is 0.304. The molecule has 2 aromatic carbocycles. The Balaban J connectivity index is 1.98. The molecular weight excluding hydrogens is 476 g/mol. The Morgan fingerprint density at radius 2 is 1.78 bits per heavy atom. The zero-order valence-electron chi connectivity index (χ0n) is 18.5. The number of carbonyl (C=O) groups excluding carboxylic acids is 3. The summed E-state index contributed by atoms with van der Waals surface area (Å²) in [7, 11) is 0. The summed E-state index contributed by atoms with van der Waals surface area (Å²) in [5.41, 5.74) is 5.50. The number of hydrazone groups is 1. The van der Waals surface area contributed by atoms with Gasteiger partial charge in [0.15, 0.2) is 6.61 Å². The van der Waals surface area contributed by atoms with Crippen molar-refractivity contribution >= 4 is 45.6 Å². The maximum Gasteiger partial charge on any atom is 0.329 e. The van der Waals surface area contributed by atoms with E-state index in [1.807, 2.05) is 39.0 Å². The van der Waals surface area contributed by atoms with Crippen molar-refractivity contribution < 1.29 is 19.1 Å². The van der Waals surface area contributed by atoms with Crippen molar-refractivity contribution in [2.45, 2.75) is 40.2 Å². The van der Waals surface area contributed by atoms with Gasteiger partial charge in [0.25, 0.3) is 5.91 Å². The third kappa shape index (κ3) is 8.14. The number of aryl methyl sites for hydroxylation is 2. The number of carbonyl (C=O) groups is 3. The molecule has 0 unspecified atom stereocenters. The molecule has 8 nitrogen and oxygen atoms in total. The molecule has 0 spiro atoms. The van der Waals surface area contributed by atoms with E-state index in [4.69, 9.17) is 4.74 Å². The van der Waals surface area contributed by atoms with E-state index in [1.165, 1.54) is 6.21 Å². The normalized spacial score (nSPS) is 11.7. The second-order valence-electron chi connectivity index (χ2n) is 7.38. The lowest BCUT2D eigenvalue weighted by Crippen LogP contribution is -2.41. The summed E-state index contributed by atoms with van der Waals surface area (Å²) in [6.45, 7) is 7.41. The van der Waals surface area contributed by atoms with Crippen LogP contribution >= 0.6 is 15.9 Å². The molecule has 0 saturated carbocycles.